The number of amides is 1. The summed E-state index contributed by atoms with van der Waals surface area (Å²) in [5, 5.41) is 0. The van der Waals surface area contributed by atoms with Crippen LogP contribution in [0.1, 0.15) is 51.9 Å². The van der Waals surface area contributed by atoms with Crippen LogP contribution in [0.4, 0.5) is 0 Å². The van der Waals surface area contributed by atoms with Crippen molar-refractivity contribution in [3.63, 3.8) is 0 Å². The second-order valence-corrected chi connectivity index (χ2v) is 6.92. The summed E-state index contributed by atoms with van der Waals surface area (Å²) in [6.45, 7) is 3.84. The van der Waals surface area contributed by atoms with Crippen molar-refractivity contribution in [1.82, 2.24) is 9.88 Å². The first-order valence-corrected chi connectivity index (χ1v) is 9.46. The van der Waals surface area contributed by atoms with Gasteiger partial charge in [-0.1, -0.05) is 30.3 Å². The zero-order chi connectivity index (χ0) is 20.8. The molecule has 1 unspecified atom stereocenters. The molecule has 0 aliphatic heterocycles. The van der Waals surface area contributed by atoms with E-state index in [4.69, 9.17) is 4.74 Å². The molecule has 0 radical (unpaired) electrons. The lowest BCUT2D eigenvalue weighted by atomic mass is 10.1. The normalized spacial score (nSPS) is 11.6. The number of hydrogen-bond donors (Lipinski definition) is 0. The third-order valence-corrected chi connectivity index (χ3v) is 4.86. The Morgan fingerprint density at radius 1 is 1.00 bits per heavy atom. The molecule has 1 heterocycles. The summed E-state index contributed by atoms with van der Waals surface area (Å²) < 4.78 is 5.77. The average molecular weight is 388 g/mol. The van der Waals surface area contributed by atoms with Crippen LogP contribution >= 0.6 is 0 Å². The number of Topliss-reactive ketones (excluding diaryl/α,β-unsaturated/α-hetero) is 1. The fourth-order valence-electron chi connectivity index (χ4n) is 2.92. The number of nitrogens with zero attached hydrogens (tertiary/aromatic N) is 2. The number of ketones is 1. The molecule has 29 heavy (non-hydrogen) atoms. The summed E-state index contributed by atoms with van der Waals surface area (Å²) in [6.07, 6.45) is 1.73. The van der Waals surface area contributed by atoms with Crippen LogP contribution in [-0.4, -0.2) is 28.6 Å². The van der Waals surface area contributed by atoms with Crippen molar-refractivity contribution in [2.24, 2.45) is 0 Å². The molecule has 1 aromatic heterocycles. The van der Waals surface area contributed by atoms with E-state index in [1.54, 1.807) is 48.5 Å². The molecule has 0 aliphatic rings. The highest BCUT2D eigenvalue weighted by Gasteiger charge is 2.19. The minimum absolute atomic E-state index is 0.00219. The second-order valence-electron chi connectivity index (χ2n) is 6.92. The van der Waals surface area contributed by atoms with Gasteiger partial charge in [-0.05, 0) is 55.8 Å². The number of ether oxygens (including phenoxy) is 1. The zero-order valence-corrected chi connectivity index (χ0v) is 16.8. The van der Waals surface area contributed by atoms with Gasteiger partial charge in [-0.15, -0.1) is 0 Å². The number of carbonyl (C=O) groups is 2. The minimum Gasteiger partial charge on any atom is -0.489 e. The Morgan fingerprint density at radius 2 is 1.76 bits per heavy atom. The number of rotatable bonds is 7. The van der Waals surface area contributed by atoms with E-state index in [1.807, 2.05) is 43.3 Å². The van der Waals surface area contributed by atoms with Gasteiger partial charge in [0.1, 0.15) is 12.4 Å². The van der Waals surface area contributed by atoms with Crippen LogP contribution in [0.2, 0.25) is 0 Å². The fraction of sp³-hybridized carbons (Fsp3) is 0.208. The Balaban J connectivity index is 1.63. The first-order chi connectivity index (χ1) is 14.0. The quantitative estimate of drug-likeness (QED) is 0.551. The van der Waals surface area contributed by atoms with E-state index in [0.717, 1.165) is 11.3 Å². The van der Waals surface area contributed by atoms with E-state index in [9.17, 15) is 9.59 Å². The summed E-state index contributed by atoms with van der Waals surface area (Å²) in [6, 6.07) is 20.0. The third-order valence-electron chi connectivity index (χ3n) is 4.86. The largest absolute Gasteiger partial charge is 0.489 e. The predicted octanol–water partition coefficient (Wildman–Crippen LogP) is 4.70. The molecule has 3 aromatic rings. The molecular weight excluding hydrogens is 364 g/mol. The molecule has 0 saturated carbocycles. The predicted molar refractivity (Wildman–Crippen MR) is 112 cm³/mol. The minimum atomic E-state index is -0.125. The van der Waals surface area contributed by atoms with Crippen LogP contribution in [0.25, 0.3) is 0 Å². The van der Waals surface area contributed by atoms with Crippen molar-refractivity contribution >= 4 is 11.7 Å². The van der Waals surface area contributed by atoms with Crippen molar-refractivity contribution in [2.45, 2.75) is 26.5 Å². The standard InChI is InChI=1S/C24H24N2O3/c1-17(23-9-4-5-14-25-23)26(3)24(28)20-12-10-19(11-13-20)16-29-22-8-6-7-21(15-22)18(2)27/h4-15,17H,16H2,1-3H3. The van der Waals surface area contributed by atoms with Crippen molar-refractivity contribution in [3.8, 4) is 5.75 Å². The Morgan fingerprint density at radius 3 is 2.41 bits per heavy atom. The molecule has 2 aromatic carbocycles. The van der Waals surface area contributed by atoms with Crippen molar-refractivity contribution in [2.75, 3.05) is 7.05 Å². The molecule has 0 spiro atoms. The van der Waals surface area contributed by atoms with Crippen LogP contribution in [0, 0.1) is 0 Å². The molecule has 0 saturated heterocycles. The third kappa shape index (κ3) is 5.08. The maximum Gasteiger partial charge on any atom is 0.254 e. The SMILES string of the molecule is CC(=O)c1cccc(OCc2ccc(C(=O)N(C)C(C)c3ccccn3)cc2)c1. The van der Waals surface area contributed by atoms with Gasteiger partial charge in [0.2, 0.25) is 0 Å². The van der Waals surface area contributed by atoms with Crippen LogP contribution in [0.15, 0.2) is 72.9 Å². The van der Waals surface area contributed by atoms with Gasteiger partial charge in [-0.2, -0.15) is 0 Å². The average Bonchev–Trinajstić information content (AvgIpc) is 2.77. The van der Waals surface area contributed by atoms with E-state index < -0.39 is 0 Å². The zero-order valence-electron chi connectivity index (χ0n) is 16.8. The number of carbonyl (C=O) groups excluding carboxylic acids is 2. The molecule has 0 N–H and O–H groups in total. The van der Waals surface area contributed by atoms with Crippen LogP contribution in [0.3, 0.4) is 0 Å². The Hall–Kier alpha value is -3.47. The van der Waals surface area contributed by atoms with Gasteiger partial charge in [0.25, 0.3) is 5.91 Å². The van der Waals surface area contributed by atoms with Gasteiger partial charge in [-0.3, -0.25) is 14.6 Å². The summed E-state index contributed by atoms with van der Waals surface area (Å²) in [4.78, 5) is 30.3. The second kappa shape index (κ2) is 9.15. The van der Waals surface area contributed by atoms with E-state index >= 15 is 0 Å². The molecule has 3 rings (SSSR count). The summed E-state index contributed by atoms with van der Waals surface area (Å²) in [5.41, 5.74) is 3.02. The molecule has 0 fully saturated rings. The van der Waals surface area contributed by atoms with Crippen LogP contribution in [0.5, 0.6) is 5.75 Å². The van der Waals surface area contributed by atoms with Crippen LogP contribution < -0.4 is 4.74 Å². The molecule has 148 valence electrons. The molecule has 1 atom stereocenters. The molecular formula is C24H24N2O3. The lowest BCUT2D eigenvalue weighted by Gasteiger charge is -2.24. The van der Waals surface area contributed by atoms with E-state index in [-0.39, 0.29) is 17.7 Å². The highest BCUT2D eigenvalue weighted by atomic mass is 16.5. The maximum absolute atomic E-state index is 12.8. The van der Waals surface area contributed by atoms with Gasteiger partial charge >= 0.3 is 0 Å². The van der Waals surface area contributed by atoms with Crippen molar-refractivity contribution in [3.05, 3.63) is 95.3 Å². The lowest BCUT2D eigenvalue weighted by molar-refractivity contribution is 0.0739. The van der Waals surface area contributed by atoms with Gasteiger partial charge < -0.3 is 9.64 Å². The Kier molecular flexibility index (Phi) is 6.39. The molecule has 0 bridgehead atoms. The van der Waals surface area contributed by atoms with Gasteiger partial charge in [0, 0.05) is 24.4 Å². The van der Waals surface area contributed by atoms with Crippen LogP contribution in [-0.2, 0) is 6.61 Å². The fourth-order valence-corrected chi connectivity index (χ4v) is 2.92. The number of hydrogen-bond acceptors (Lipinski definition) is 4. The van der Waals surface area contributed by atoms with E-state index in [0.29, 0.717) is 23.5 Å². The van der Waals surface area contributed by atoms with E-state index in [2.05, 4.69) is 4.98 Å². The summed E-state index contributed by atoms with van der Waals surface area (Å²) in [5.74, 6) is 0.578. The number of pyridine rings is 1. The molecule has 1 amide bonds. The van der Waals surface area contributed by atoms with E-state index in [1.165, 1.54) is 6.92 Å². The number of aromatic nitrogens is 1. The summed E-state index contributed by atoms with van der Waals surface area (Å²) in [7, 11) is 1.78. The highest BCUT2D eigenvalue weighted by molar-refractivity contribution is 5.94. The highest BCUT2D eigenvalue weighted by Crippen LogP contribution is 2.20. The first-order valence-electron chi connectivity index (χ1n) is 9.46. The Labute approximate surface area is 171 Å². The monoisotopic (exact) mass is 388 g/mol. The Bertz CT molecular complexity index is 985. The van der Waals surface area contributed by atoms with Crippen molar-refractivity contribution < 1.29 is 14.3 Å². The van der Waals surface area contributed by atoms with Gasteiger partial charge in [0.15, 0.2) is 5.78 Å². The summed E-state index contributed by atoms with van der Waals surface area (Å²) >= 11 is 0. The first kappa shape index (κ1) is 20.3. The van der Waals surface area contributed by atoms with Gasteiger partial charge in [0.05, 0.1) is 11.7 Å². The lowest BCUT2D eigenvalue weighted by Crippen LogP contribution is -2.30. The molecule has 0 aliphatic carbocycles. The molecule has 5 nitrogen and oxygen atoms in total. The number of benzene rings is 2. The van der Waals surface area contributed by atoms with Gasteiger partial charge in [-0.25, -0.2) is 0 Å². The topological polar surface area (TPSA) is 59.5 Å². The smallest absolute Gasteiger partial charge is 0.254 e. The molecule has 5 heteroatoms. The maximum atomic E-state index is 12.8. The van der Waals surface area contributed by atoms with Crippen molar-refractivity contribution in [1.29, 1.82) is 0 Å².